The minimum atomic E-state index is -3.91. The SMILES string of the molecule is CCCCNC(=O)C(C)N(Cc1ccc(Cl)cc1)C(=O)CN(c1cc(Cl)ccc1OC)S(C)(=O)=O. The van der Waals surface area contributed by atoms with E-state index in [0.717, 1.165) is 29.0 Å². The molecule has 192 valence electrons. The van der Waals surface area contributed by atoms with E-state index in [-0.39, 0.29) is 28.9 Å². The molecule has 0 spiro atoms. The molecule has 0 saturated heterocycles. The number of benzene rings is 2. The Morgan fingerprint density at radius 3 is 2.29 bits per heavy atom. The van der Waals surface area contributed by atoms with Crippen LogP contribution >= 0.6 is 23.2 Å². The lowest BCUT2D eigenvalue weighted by atomic mass is 10.1. The van der Waals surface area contributed by atoms with Crippen molar-refractivity contribution < 1.29 is 22.7 Å². The van der Waals surface area contributed by atoms with Crippen LogP contribution in [0.2, 0.25) is 10.0 Å². The van der Waals surface area contributed by atoms with Gasteiger partial charge in [-0.25, -0.2) is 8.42 Å². The van der Waals surface area contributed by atoms with E-state index in [2.05, 4.69) is 5.32 Å². The number of sulfonamides is 1. The molecular formula is C24H31Cl2N3O5S. The van der Waals surface area contributed by atoms with Crippen LogP contribution in [-0.4, -0.2) is 57.6 Å². The van der Waals surface area contributed by atoms with E-state index in [1.54, 1.807) is 37.3 Å². The number of carbonyl (C=O) groups is 2. The summed E-state index contributed by atoms with van der Waals surface area (Å²) in [6.07, 6.45) is 2.71. The fourth-order valence-corrected chi connectivity index (χ4v) is 4.50. The smallest absolute Gasteiger partial charge is 0.244 e. The first-order chi connectivity index (χ1) is 16.5. The summed E-state index contributed by atoms with van der Waals surface area (Å²) < 4.78 is 31.6. The van der Waals surface area contributed by atoms with Crippen LogP contribution in [0.15, 0.2) is 42.5 Å². The number of methoxy groups -OCH3 is 1. The molecule has 1 N–H and O–H groups in total. The Morgan fingerprint density at radius 2 is 1.71 bits per heavy atom. The average molecular weight is 545 g/mol. The van der Waals surface area contributed by atoms with E-state index in [1.165, 1.54) is 24.1 Å². The van der Waals surface area contributed by atoms with Crippen LogP contribution in [0, 0.1) is 0 Å². The molecule has 0 aromatic heterocycles. The highest BCUT2D eigenvalue weighted by molar-refractivity contribution is 7.92. The summed E-state index contributed by atoms with van der Waals surface area (Å²) >= 11 is 12.1. The lowest BCUT2D eigenvalue weighted by Crippen LogP contribution is -2.51. The molecule has 0 aliphatic rings. The first-order valence-electron chi connectivity index (χ1n) is 11.1. The zero-order valence-electron chi connectivity index (χ0n) is 20.3. The molecule has 0 aliphatic heterocycles. The molecule has 1 unspecified atom stereocenters. The highest BCUT2D eigenvalue weighted by Crippen LogP contribution is 2.33. The predicted octanol–water partition coefficient (Wildman–Crippen LogP) is 4.10. The van der Waals surface area contributed by atoms with Crippen molar-refractivity contribution in [2.45, 2.75) is 39.3 Å². The number of carbonyl (C=O) groups excluding carboxylic acids is 2. The number of amides is 2. The van der Waals surface area contributed by atoms with Gasteiger partial charge in [-0.1, -0.05) is 48.7 Å². The van der Waals surface area contributed by atoms with Crippen LogP contribution < -0.4 is 14.4 Å². The molecule has 11 heteroatoms. The summed E-state index contributed by atoms with van der Waals surface area (Å²) in [7, 11) is -2.52. The Morgan fingerprint density at radius 1 is 1.09 bits per heavy atom. The standard InChI is InChI=1S/C24H31Cl2N3O5S/c1-5-6-13-27-24(31)17(2)28(15-18-7-9-19(25)10-8-18)23(30)16-29(35(4,32)33)21-14-20(26)11-12-22(21)34-3/h7-12,14,17H,5-6,13,15-16H2,1-4H3,(H,27,31). The third-order valence-corrected chi connectivity index (χ3v) is 6.97. The van der Waals surface area contributed by atoms with Gasteiger partial charge in [0.1, 0.15) is 18.3 Å². The van der Waals surface area contributed by atoms with Crippen molar-refractivity contribution in [1.29, 1.82) is 0 Å². The molecule has 0 fully saturated rings. The normalized spacial score (nSPS) is 12.1. The summed E-state index contributed by atoms with van der Waals surface area (Å²) in [5.74, 6) is -0.653. The predicted molar refractivity (Wildman–Crippen MR) is 140 cm³/mol. The molecule has 0 radical (unpaired) electrons. The molecule has 35 heavy (non-hydrogen) atoms. The number of hydrogen-bond acceptors (Lipinski definition) is 5. The quantitative estimate of drug-likeness (QED) is 0.406. The molecule has 2 rings (SSSR count). The summed E-state index contributed by atoms with van der Waals surface area (Å²) in [6.45, 7) is 3.64. The summed E-state index contributed by atoms with van der Waals surface area (Å²) in [4.78, 5) is 27.7. The zero-order valence-corrected chi connectivity index (χ0v) is 22.6. The molecule has 1 atom stereocenters. The van der Waals surface area contributed by atoms with Crippen molar-refractivity contribution in [2.24, 2.45) is 0 Å². The van der Waals surface area contributed by atoms with Gasteiger partial charge in [-0.2, -0.15) is 0 Å². The molecule has 8 nitrogen and oxygen atoms in total. The Balaban J connectivity index is 2.41. The summed E-state index contributed by atoms with van der Waals surface area (Å²) in [6, 6.07) is 10.5. The van der Waals surface area contributed by atoms with Gasteiger partial charge in [0.25, 0.3) is 0 Å². The van der Waals surface area contributed by atoms with Crippen molar-refractivity contribution in [3.05, 3.63) is 58.1 Å². The topological polar surface area (TPSA) is 96.0 Å². The van der Waals surface area contributed by atoms with Gasteiger partial charge in [-0.3, -0.25) is 13.9 Å². The first kappa shape index (κ1) is 28.7. The third kappa shape index (κ3) is 8.30. The Labute approximate surface area is 217 Å². The molecular weight excluding hydrogens is 513 g/mol. The largest absolute Gasteiger partial charge is 0.495 e. The van der Waals surface area contributed by atoms with Crippen LogP contribution in [0.4, 0.5) is 5.69 Å². The number of ether oxygens (including phenoxy) is 1. The van der Waals surface area contributed by atoms with E-state index in [9.17, 15) is 18.0 Å². The summed E-state index contributed by atoms with van der Waals surface area (Å²) in [5.41, 5.74) is 0.865. The molecule has 0 bridgehead atoms. The van der Waals surface area contributed by atoms with Crippen molar-refractivity contribution in [3.8, 4) is 5.75 Å². The lowest BCUT2D eigenvalue weighted by molar-refractivity contribution is -0.139. The Bertz CT molecular complexity index is 1130. The minimum Gasteiger partial charge on any atom is -0.495 e. The number of rotatable bonds is 12. The molecule has 0 heterocycles. The number of nitrogens with zero attached hydrogens (tertiary/aromatic N) is 2. The molecule has 2 amide bonds. The van der Waals surface area contributed by atoms with Crippen molar-refractivity contribution in [1.82, 2.24) is 10.2 Å². The highest BCUT2D eigenvalue weighted by atomic mass is 35.5. The van der Waals surface area contributed by atoms with Crippen LogP contribution in [-0.2, 0) is 26.2 Å². The van der Waals surface area contributed by atoms with E-state index in [0.29, 0.717) is 11.6 Å². The maximum absolute atomic E-state index is 13.5. The third-order valence-electron chi connectivity index (χ3n) is 5.35. The van der Waals surface area contributed by atoms with E-state index >= 15 is 0 Å². The molecule has 0 aliphatic carbocycles. The Hall–Kier alpha value is -2.49. The number of nitrogens with one attached hydrogen (secondary N) is 1. The molecule has 0 saturated carbocycles. The first-order valence-corrected chi connectivity index (χ1v) is 13.7. The maximum Gasteiger partial charge on any atom is 0.244 e. The van der Waals surface area contributed by atoms with E-state index in [4.69, 9.17) is 27.9 Å². The maximum atomic E-state index is 13.5. The van der Waals surface area contributed by atoms with Crippen LogP contribution in [0.25, 0.3) is 0 Å². The number of hydrogen-bond donors (Lipinski definition) is 1. The second-order valence-electron chi connectivity index (χ2n) is 8.05. The number of halogens is 2. The molecule has 2 aromatic carbocycles. The zero-order chi connectivity index (χ0) is 26.2. The van der Waals surface area contributed by atoms with E-state index < -0.39 is 28.5 Å². The number of anilines is 1. The van der Waals surface area contributed by atoms with Gasteiger partial charge in [0.05, 0.1) is 19.1 Å². The van der Waals surface area contributed by atoms with Gasteiger partial charge < -0.3 is 15.0 Å². The second kappa shape index (κ2) is 13.0. The van der Waals surface area contributed by atoms with Crippen LogP contribution in [0.5, 0.6) is 5.75 Å². The van der Waals surface area contributed by atoms with Crippen molar-refractivity contribution in [2.75, 3.05) is 30.8 Å². The van der Waals surface area contributed by atoms with Gasteiger partial charge in [-0.05, 0) is 49.2 Å². The second-order valence-corrected chi connectivity index (χ2v) is 10.8. The fraction of sp³-hybridized carbons (Fsp3) is 0.417. The fourth-order valence-electron chi connectivity index (χ4n) is 3.36. The highest BCUT2D eigenvalue weighted by Gasteiger charge is 2.31. The van der Waals surface area contributed by atoms with Crippen molar-refractivity contribution >= 4 is 50.7 Å². The monoisotopic (exact) mass is 543 g/mol. The Kier molecular flexibility index (Phi) is 10.7. The van der Waals surface area contributed by atoms with Crippen molar-refractivity contribution in [3.63, 3.8) is 0 Å². The lowest BCUT2D eigenvalue weighted by Gasteiger charge is -2.32. The van der Waals surface area contributed by atoms with Crippen LogP contribution in [0.1, 0.15) is 32.3 Å². The van der Waals surface area contributed by atoms with Gasteiger partial charge in [0.2, 0.25) is 21.8 Å². The van der Waals surface area contributed by atoms with Crippen LogP contribution in [0.3, 0.4) is 0 Å². The number of unbranched alkanes of at least 4 members (excludes halogenated alkanes) is 1. The summed E-state index contributed by atoms with van der Waals surface area (Å²) in [5, 5.41) is 3.65. The van der Waals surface area contributed by atoms with Gasteiger partial charge in [-0.15, -0.1) is 0 Å². The van der Waals surface area contributed by atoms with E-state index in [1.807, 2.05) is 6.92 Å². The molecule has 2 aromatic rings. The van der Waals surface area contributed by atoms with Gasteiger partial charge in [0.15, 0.2) is 0 Å². The van der Waals surface area contributed by atoms with Gasteiger partial charge in [0, 0.05) is 23.1 Å². The average Bonchev–Trinajstić information content (AvgIpc) is 2.80. The van der Waals surface area contributed by atoms with Gasteiger partial charge >= 0.3 is 0 Å². The minimum absolute atomic E-state index is 0.0860.